The van der Waals surface area contributed by atoms with Gasteiger partial charge in [-0.15, -0.1) is 0 Å². The maximum absolute atomic E-state index is 5.85. The normalized spacial score (nSPS) is 20.1. The minimum atomic E-state index is 0.365. The quantitative estimate of drug-likeness (QED) is 0.821. The number of hydrogen-bond donors (Lipinski definition) is 1. The second kappa shape index (κ2) is 3.46. The Morgan fingerprint density at radius 2 is 2.21 bits per heavy atom. The van der Waals surface area contributed by atoms with Crippen LogP contribution in [0.3, 0.4) is 0 Å². The summed E-state index contributed by atoms with van der Waals surface area (Å²) in [7, 11) is 0. The lowest BCUT2D eigenvalue weighted by molar-refractivity contribution is 0.270. The first-order valence-electron chi connectivity index (χ1n) is 5.08. The highest BCUT2D eigenvalue weighted by Gasteiger charge is 2.29. The van der Waals surface area contributed by atoms with Crippen molar-refractivity contribution < 1.29 is 0 Å². The van der Waals surface area contributed by atoms with Gasteiger partial charge < -0.3 is 5.73 Å². The van der Waals surface area contributed by atoms with Crippen molar-refractivity contribution in [3.8, 4) is 0 Å². The molecule has 1 aromatic rings. The molecule has 0 radical (unpaired) electrons. The summed E-state index contributed by atoms with van der Waals surface area (Å²) in [5.74, 6) is 0.597. The van der Waals surface area contributed by atoms with Crippen molar-refractivity contribution in [2.45, 2.75) is 39.2 Å². The van der Waals surface area contributed by atoms with E-state index in [1.807, 2.05) is 4.68 Å². The molecule has 78 valence electrons. The van der Waals surface area contributed by atoms with Gasteiger partial charge in [0.25, 0.3) is 0 Å². The van der Waals surface area contributed by atoms with E-state index in [1.54, 1.807) is 6.20 Å². The lowest BCUT2D eigenvalue weighted by Crippen LogP contribution is -2.21. The van der Waals surface area contributed by atoms with E-state index in [4.69, 9.17) is 17.3 Å². The predicted octanol–water partition coefficient (Wildman–Crippen LogP) is 2.70. The molecule has 1 aliphatic carbocycles. The van der Waals surface area contributed by atoms with E-state index in [9.17, 15) is 0 Å². The zero-order valence-corrected chi connectivity index (χ0v) is 9.22. The summed E-state index contributed by atoms with van der Waals surface area (Å²) in [5, 5.41) is 4.75. The molecule has 0 aromatic carbocycles. The van der Waals surface area contributed by atoms with Crippen molar-refractivity contribution in [1.82, 2.24) is 9.78 Å². The van der Waals surface area contributed by atoms with Crippen LogP contribution in [0.1, 0.15) is 32.6 Å². The number of halogens is 1. The van der Waals surface area contributed by atoms with E-state index in [-0.39, 0.29) is 0 Å². The molecule has 1 aromatic heterocycles. The first-order valence-corrected chi connectivity index (χ1v) is 5.45. The van der Waals surface area contributed by atoms with Gasteiger partial charge in [-0.2, -0.15) is 5.10 Å². The second-order valence-corrected chi connectivity index (χ2v) is 4.96. The number of rotatable bonds is 2. The van der Waals surface area contributed by atoms with Gasteiger partial charge in [0.2, 0.25) is 0 Å². The number of nitrogens with zero attached hydrogens (tertiary/aromatic N) is 2. The maximum Gasteiger partial charge on any atom is 0.140 e. The van der Waals surface area contributed by atoms with Crippen LogP contribution < -0.4 is 5.73 Å². The minimum absolute atomic E-state index is 0.365. The molecule has 0 bridgehead atoms. The summed E-state index contributed by atoms with van der Waals surface area (Å²) < 4.78 is 1.83. The SMILES string of the molecule is CC1(Cn2ncc(Cl)c2N)CCCC1. The van der Waals surface area contributed by atoms with Gasteiger partial charge in [-0.3, -0.25) is 0 Å². The number of nitrogens with two attached hydrogens (primary N) is 1. The number of anilines is 1. The largest absolute Gasteiger partial charge is 0.383 e. The van der Waals surface area contributed by atoms with Crippen LogP contribution in [0.5, 0.6) is 0 Å². The average molecular weight is 214 g/mol. The number of aromatic nitrogens is 2. The van der Waals surface area contributed by atoms with Gasteiger partial charge in [0.05, 0.1) is 6.20 Å². The van der Waals surface area contributed by atoms with Gasteiger partial charge >= 0.3 is 0 Å². The fourth-order valence-electron chi connectivity index (χ4n) is 2.25. The third kappa shape index (κ3) is 1.73. The summed E-state index contributed by atoms with van der Waals surface area (Å²) in [6, 6.07) is 0. The standard InChI is InChI=1S/C10H16ClN3/c1-10(4-2-3-5-10)7-14-9(12)8(11)6-13-14/h6H,2-5,7,12H2,1H3. The van der Waals surface area contributed by atoms with Gasteiger partial charge in [0.1, 0.15) is 10.8 Å². The van der Waals surface area contributed by atoms with Crippen LogP contribution in [0.2, 0.25) is 5.02 Å². The molecule has 4 heteroatoms. The van der Waals surface area contributed by atoms with E-state index >= 15 is 0 Å². The summed E-state index contributed by atoms with van der Waals surface area (Å²) in [6.07, 6.45) is 6.81. The Kier molecular flexibility index (Phi) is 2.43. The Morgan fingerprint density at radius 3 is 2.71 bits per heavy atom. The predicted molar refractivity (Wildman–Crippen MR) is 58.2 cm³/mol. The van der Waals surface area contributed by atoms with Crippen molar-refractivity contribution in [1.29, 1.82) is 0 Å². The molecule has 0 aliphatic heterocycles. The molecule has 3 nitrogen and oxygen atoms in total. The van der Waals surface area contributed by atoms with Crippen LogP contribution in [0, 0.1) is 5.41 Å². The molecule has 0 atom stereocenters. The van der Waals surface area contributed by atoms with Crippen molar-refractivity contribution in [3.63, 3.8) is 0 Å². The van der Waals surface area contributed by atoms with Crippen LogP contribution in [0.25, 0.3) is 0 Å². The van der Waals surface area contributed by atoms with Crippen molar-refractivity contribution in [3.05, 3.63) is 11.2 Å². The second-order valence-electron chi connectivity index (χ2n) is 4.55. The number of nitrogen functional groups attached to an aromatic ring is 1. The third-order valence-corrected chi connectivity index (χ3v) is 3.47. The Hall–Kier alpha value is -0.700. The summed E-state index contributed by atoms with van der Waals surface area (Å²) >= 11 is 5.85. The molecule has 2 rings (SSSR count). The highest BCUT2D eigenvalue weighted by molar-refractivity contribution is 6.32. The molecule has 1 fully saturated rings. The first-order chi connectivity index (χ1) is 6.61. The van der Waals surface area contributed by atoms with Gasteiger partial charge in [-0.25, -0.2) is 4.68 Å². The summed E-state index contributed by atoms with van der Waals surface area (Å²) in [4.78, 5) is 0. The summed E-state index contributed by atoms with van der Waals surface area (Å²) in [6.45, 7) is 3.20. The van der Waals surface area contributed by atoms with Crippen LogP contribution in [0.15, 0.2) is 6.20 Å². The molecule has 1 aliphatic rings. The molecule has 1 saturated carbocycles. The first kappa shape index (κ1) is 9.84. The van der Waals surface area contributed by atoms with E-state index in [0.29, 0.717) is 16.3 Å². The highest BCUT2D eigenvalue weighted by atomic mass is 35.5. The molecule has 0 unspecified atom stereocenters. The van der Waals surface area contributed by atoms with Crippen molar-refractivity contribution in [2.75, 3.05) is 5.73 Å². The lowest BCUT2D eigenvalue weighted by Gasteiger charge is -2.23. The highest BCUT2D eigenvalue weighted by Crippen LogP contribution is 2.39. The van der Waals surface area contributed by atoms with E-state index in [1.165, 1.54) is 25.7 Å². The average Bonchev–Trinajstić information content (AvgIpc) is 2.68. The topological polar surface area (TPSA) is 43.8 Å². The molecular weight excluding hydrogens is 198 g/mol. The van der Waals surface area contributed by atoms with Gasteiger partial charge in [0.15, 0.2) is 0 Å². The summed E-state index contributed by atoms with van der Waals surface area (Å²) in [5.41, 5.74) is 6.17. The van der Waals surface area contributed by atoms with Crippen LogP contribution in [0.4, 0.5) is 5.82 Å². The lowest BCUT2D eigenvalue weighted by atomic mass is 9.89. The molecular formula is C10H16ClN3. The Bertz CT molecular complexity index is 326. The molecule has 2 N–H and O–H groups in total. The Morgan fingerprint density at radius 1 is 1.57 bits per heavy atom. The maximum atomic E-state index is 5.85. The molecule has 1 heterocycles. The van der Waals surface area contributed by atoms with Gasteiger partial charge in [-0.05, 0) is 18.3 Å². The molecule has 0 spiro atoms. The van der Waals surface area contributed by atoms with Gasteiger partial charge in [-0.1, -0.05) is 31.4 Å². The zero-order valence-electron chi connectivity index (χ0n) is 8.46. The fraction of sp³-hybridized carbons (Fsp3) is 0.700. The Labute approximate surface area is 89.2 Å². The van der Waals surface area contributed by atoms with E-state index in [2.05, 4.69) is 12.0 Å². The third-order valence-electron chi connectivity index (χ3n) is 3.18. The fourth-order valence-corrected chi connectivity index (χ4v) is 2.39. The van der Waals surface area contributed by atoms with Crippen molar-refractivity contribution >= 4 is 17.4 Å². The van der Waals surface area contributed by atoms with Crippen LogP contribution >= 0.6 is 11.6 Å². The zero-order chi connectivity index (χ0) is 10.2. The smallest absolute Gasteiger partial charge is 0.140 e. The molecule has 14 heavy (non-hydrogen) atoms. The molecule has 0 amide bonds. The van der Waals surface area contributed by atoms with Crippen LogP contribution in [-0.4, -0.2) is 9.78 Å². The monoisotopic (exact) mass is 213 g/mol. The van der Waals surface area contributed by atoms with Crippen LogP contribution in [-0.2, 0) is 6.54 Å². The van der Waals surface area contributed by atoms with Crippen molar-refractivity contribution in [2.24, 2.45) is 5.41 Å². The minimum Gasteiger partial charge on any atom is -0.383 e. The van der Waals surface area contributed by atoms with E-state index in [0.717, 1.165) is 6.54 Å². The van der Waals surface area contributed by atoms with Gasteiger partial charge in [0, 0.05) is 6.54 Å². The van der Waals surface area contributed by atoms with E-state index < -0.39 is 0 Å². The molecule has 0 saturated heterocycles. The number of hydrogen-bond acceptors (Lipinski definition) is 2. The Balaban J connectivity index is 2.14.